The number of H-pyrrole nitrogens is 1. The lowest BCUT2D eigenvalue weighted by Gasteiger charge is -2.26. The molecule has 0 radical (unpaired) electrons. The van der Waals surface area contributed by atoms with Crippen molar-refractivity contribution >= 4 is 22.6 Å². The van der Waals surface area contributed by atoms with E-state index in [0.717, 1.165) is 29.6 Å². The van der Waals surface area contributed by atoms with Crippen LogP contribution in [0.3, 0.4) is 0 Å². The lowest BCUT2D eigenvalue weighted by molar-refractivity contribution is 0.202. The normalized spacial score (nSPS) is 14.4. The van der Waals surface area contributed by atoms with Crippen molar-refractivity contribution in [1.82, 2.24) is 20.2 Å². The van der Waals surface area contributed by atoms with E-state index in [9.17, 15) is 4.79 Å². The molecular weight excluding hydrogens is 312 g/mol. The first-order valence-electron chi connectivity index (χ1n) is 8.49. The number of amides is 2. The number of fused-ring (bicyclic) bond motifs is 1. The first kappa shape index (κ1) is 15.4. The van der Waals surface area contributed by atoms with Crippen LogP contribution in [0.4, 0.5) is 4.79 Å². The van der Waals surface area contributed by atoms with E-state index in [0.29, 0.717) is 13.1 Å². The van der Waals surface area contributed by atoms with Gasteiger partial charge in [0.05, 0.1) is 0 Å². The molecule has 1 aliphatic heterocycles. The Hall–Kier alpha value is -3.08. The molecule has 3 heterocycles. The number of urea groups is 1. The van der Waals surface area contributed by atoms with Gasteiger partial charge in [-0.2, -0.15) is 0 Å². The van der Waals surface area contributed by atoms with E-state index < -0.39 is 0 Å². The first-order chi connectivity index (χ1) is 12.3. The highest BCUT2D eigenvalue weighted by Crippen LogP contribution is 2.28. The Bertz CT molecular complexity index is 914. The highest BCUT2D eigenvalue weighted by atomic mass is 16.2. The SMILES string of the molecule is O=C(NCc1ccccc1)N1CC=C(c2c[nH]c3ncccc23)CC1. The number of carbonyl (C=O) groups excluding carboxylic acids is 1. The van der Waals surface area contributed by atoms with Crippen LogP contribution in [0.1, 0.15) is 17.5 Å². The van der Waals surface area contributed by atoms with Crippen molar-refractivity contribution in [2.75, 3.05) is 13.1 Å². The Kier molecular flexibility index (Phi) is 4.21. The van der Waals surface area contributed by atoms with Gasteiger partial charge in [0, 0.05) is 43.0 Å². The standard InChI is InChI=1S/C20H20N4O/c25-20(23-13-15-5-2-1-3-6-15)24-11-8-16(9-12-24)18-14-22-19-17(18)7-4-10-21-19/h1-8,10,14H,9,11-13H2,(H,21,22)(H,23,25). The number of aromatic nitrogens is 2. The lowest BCUT2D eigenvalue weighted by atomic mass is 10.00. The number of carbonyl (C=O) groups is 1. The van der Waals surface area contributed by atoms with Gasteiger partial charge in [-0.15, -0.1) is 0 Å². The number of hydrogen-bond donors (Lipinski definition) is 2. The van der Waals surface area contributed by atoms with Gasteiger partial charge in [-0.1, -0.05) is 36.4 Å². The largest absolute Gasteiger partial charge is 0.346 e. The molecule has 2 N–H and O–H groups in total. The Balaban J connectivity index is 1.41. The molecule has 0 atom stereocenters. The van der Waals surface area contributed by atoms with Crippen LogP contribution in [-0.2, 0) is 6.54 Å². The Morgan fingerprint density at radius 2 is 2.08 bits per heavy atom. The van der Waals surface area contributed by atoms with E-state index in [4.69, 9.17) is 0 Å². The van der Waals surface area contributed by atoms with Crippen molar-refractivity contribution in [2.45, 2.75) is 13.0 Å². The molecule has 4 rings (SSSR count). The molecule has 126 valence electrons. The molecular formula is C20H20N4O. The maximum absolute atomic E-state index is 12.3. The molecule has 1 aliphatic rings. The summed E-state index contributed by atoms with van der Waals surface area (Å²) in [6.07, 6.45) is 6.78. The molecule has 0 unspecified atom stereocenters. The van der Waals surface area contributed by atoms with Crippen LogP contribution in [0.25, 0.3) is 16.6 Å². The number of aromatic amines is 1. The zero-order valence-electron chi connectivity index (χ0n) is 13.9. The summed E-state index contributed by atoms with van der Waals surface area (Å²) in [7, 11) is 0. The van der Waals surface area contributed by atoms with Crippen molar-refractivity contribution in [3.8, 4) is 0 Å². The van der Waals surface area contributed by atoms with Gasteiger partial charge in [0.2, 0.25) is 0 Å². The van der Waals surface area contributed by atoms with Crippen molar-refractivity contribution in [3.63, 3.8) is 0 Å². The molecule has 2 aromatic heterocycles. The maximum Gasteiger partial charge on any atom is 0.317 e. The van der Waals surface area contributed by atoms with E-state index in [1.807, 2.05) is 47.5 Å². The first-order valence-corrected chi connectivity index (χ1v) is 8.49. The summed E-state index contributed by atoms with van der Waals surface area (Å²) in [6.45, 7) is 1.91. The van der Waals surface area contributed by atoms with Crippen molar-refractivity contribution in [1.29, 1.82) is 0 Å². The van der Waals surface area contributed by atoms with E-state index in [1.54, 1.807) is 6.20 Å². The maximum atomic E-state index is 12.3. The number of hydrogen-bond acceptors (Lipinski definition) is 2. The average molecular weight is 332 g/mol. The summed E-state index contributed by atoms with van der Waals surface area (Å²) in [5, 5.41) is 4.12. The average Bonchev–Trinajstić information content (AvgIpc) is 3.11. The highest BCUT2D eigenvalue weighted by molar-refractivity contribution is 5.91. The fourth-order valence-corrected chi connectivity index (χ4v) is 3.21. The van der Waals surface area contributed by atoms with Crippen LogP contribution in [0, 0.1) is 0 Å². The number of benzene rings is 1. The third kappa shape index (κ3) is 3.26. The minimum atomic E-state index is -0.0141. The number of nitrogens with one attached hydrogen (secondary N) is 2. The molecule has 0 saturated carbocycles. The zero-order chi connectivity index (χ0) is 17.1. The minimum Gasteiger partial charge on any atom is -0.346 e. The van der Waals surface area contributed by atoms with Gasteiger partial charge in [0.1, 0.15) is 5.65 Å². The molecule has 2 amide bonds. The van der Waals surface area contributed by atoms with Gasteiger partial charge < -0.3 is 15.2 Å². The predicted molar refractivity (Wildman–Crippen MR) is 98.9 cm³/mol. The van der Waals surface area contributed by atoms with Crippen LogP contribution < -0.4 is 5.32 Å². The molecule has 3 aromatic rings. The fourth-order valence-electron chi connectivity index (χ4n) is 3.21. The molecule has 0 fully saturated rings. The highest BCUT2D eigenvalue weighted by Gasteiger charge is 2.19. The van der Waals surface area contributed by atoms with E-state index in [-0.39, 0.29) is 6.03 Å². The topological polar surface area (TPSA) is 61.0 Å². The summed E-state index contributed by atoms with van der Waals surface area (Å²) < 4.78 is 0. The molecule has 1 aromatic carbocycles. The predicted octanol–water partition coefficient (Wildman–Crippen LogP) is 3.56. The van der Waals surface area contributed by atoms with Gasteiger partial charge >= 0.3 is 6.03 Å². The second-order valence-electron chi connectivity index (χ2n) is 6.17. The van der Waals surface area contributed by atoms with Crippen LogP contribution in [-0.4, -0.2) is 34.0 Å². The van der Waals surface area contributed by atoms with Crippen LogP contribution in [0.2, 0.25) is 0 Å². The second kappa shape index (κ2) is 6.81. The van der Waals surface area contributed by atoms with Crippen molar-refractivity contribution in [3.05, 3.63) is 72.1 Å². The summed E-state index contributed by atoms with van der Waals surface area (Å²) >= 11 is 0. The van der Waals surface area contributed by atoms with Gasteiger partial charge in [-0.25, -0.2) is 9.78 Å². The third-order valence-corrected chi connectivity index (χ3v) is 4.58. The number of nitrogens with zero attached hydrogens (tertiary/aromatic N) is 2. The second-order valence-corrected chi connectivity index (χ2v) is 6.17. The molecule has 0 bridgehead atoms. The van der Waals surface area contributed by atoms with Crippen LogP contribution >= 0.6 is 0 Å². The zero-order valence-corrected chi connectivity index (χ0v) is 13.9. The molecule has 0 spiro atoms. The number of pyridine rings is 1. The van der Waals surface area contributed by atoms with Crippen LogP contribution in [0.15, 0.2) is 60.9 Å². The number of rotatable bonds is 3. The van der Waals surface area contributed by atoms with Crippen molar-refractivity contribution in [2.24, 2.45) is 0 Å². The van der Waals surface area contributed by atoms with Gasteiger partial charge in [-0.05, 0) is 29.7 Å². The molecule has 0 saturated heterocycles. The summed E-state index contributed by atoms with van der Waals surface area (Å²) in [6, 6.07) is 14.0. The van der Waals surface area contributed by atoms with E-state index in [2.05, 4.69) is 27.4 Å². The fraction of sp³-hybridized carbons (Fsp3) is 0.200. The van der Waals surface area contributed by atoms with E-state index in [1.165, 1.54) is 11.1 Å². The molecule has 5 nitrogen and oxygen atoms in total. The molecule has 5 heteroatoms. The lowest BCUT2D eigenvalue weighted by Crippen LogP contribution is -2.41. The van der Waals surface area contributed by atoms with Gasteiger partial charge in [0.15, 0.2) is 0 Å². The summed E-state index contributed by atoms with van der Waals surface area (Å²) in [4.78, 5) is 21.7. The van der Waals surface area contributed by atoms with Crippen molar-refractivity contribution < 1.29 is 4.79 Å². The quantitative estimate of drug-likeness (QED) is 0.770. The Morgan fingerprint density at radius 3 is 2.88 bits per heavy atom. The van der Waals surface area contributed by atoms with E-state index >= 15 is 0 Å². The third-order valence-electron chi connectivity index (χ3n) is 4.58. The summed E-state index contributed by atoms with van der Waals surface area (Å²) in [5.41, 5.74) is 4.47. The minimum absolute atomic E-state index is 0.0141. The molecule has 0 aliphatic carbocycles. The molecule has 25 heavy (non-hydrogen) atoms. The Labute approximate surface area is 146 Å². The van der Waals surface area contributed by atoms with Gasteiger partial charge in [-0.3, -0.25) is 0 Å². The van der Waals surface area contributed by atoms with Gasteiger partial charge in [0.25, 0.3) is 0 Å². The smallest absolute Gasteiger partial charge is 0.317 e. The Morgan fingerprint density at radius 1 is 1.20 bits per heavy atom. The van der Waals surface area contributed by atoms with Crippen LogP contribution in [0.5, 0.6) is 0 Å². The summed E-state index contributed by atoms with van der Waals surface area (Å²) in [5.74, 6) is 0. The monoisotopic (exact) mass is 332 g/mol.